The van der Waals surface area contributed by atoms with E-state index >= 15 is 0 Å². The molecule has 76 heavy (non-hydrogen) atoms. The number of rotatable bonds is 7. The summed E-state index contributed by atoms with van der Waals surface area (Å²) in [4.78, 5) is 0. The Kier molecular flexibility index (Phi) is 21.3. The van der Waals surface area contributed by atoms with Gasteiger partial charge in [0.25, 0.3) is 0 Å². The number of ether oxygens (including phenoxy) is 14. The van der Waals surface area contributed by atoms with E-state index in [0.29, 0.717) is 6.42 Å². The summed E-state index contributed by atoms with van der Waals surface area (Å²) < 4.78 is 99.0. The molecule has 442 valence electrons. The van der Waals surface area contributed by atoms with E-state index in [1.54, 1.807) is 0 Å². The van der Waals surface area contributed by atoms with Gasteiger partial charge in [0.1, 0.15) is 0 Å². The second kappa shape index (κ2) is 26.3. The van der Waals surface area contributed by atoms with Crippen LogP contribution in [0.1, 0.15) is 190 Å². The average molecular weight is 1080 g/mol. The minimum absolute atomic E-state index is 0.0590. The van der Waals surface area contributed by atoms with E-state index in [9.17, 15) is 0 Å². The molecule has 14 nitrogen and oxygen atoms in total. The van der Waals surface area contributed by atoms with Crippen LogP contribution in [0, 0.1) is 76.9 Å². The zero-order chi connectivity index (χ0) is 55.2. The molecular formula is C62H110O14. The van der Waals surface area contributed by atoms with Crippen LogP contribution >= 0.6 is 0 Å². The Bertz CT molecular complexity index is 1770. The molecule has 0 aromatic heterocycles. The van der Waals surface area contributed by atoms with Crippen molar-refractivity contribution in [3.8, 4) is 0 Å². The van der Waals surface area contributed by atoms with Gasteiger partial charge < -0.3 is 66.3 Å². The van der Waals surface area contributed by atoms with Crippen molar-refractivity contribution in [2.45, 2.75) is 319 Å². The van der Waals surface area contributed by atoms with Gasteiger partial charge in [-0.1, -0.05) is 138 Å². The maximum absolute atomic E-state index is 7.18. The summed E-state index contributed by atoms with van der Waals surface area (Å²) in [6.07, 6.45) is 1.08. The van der Waals surface area contributed by atoms with Crippen molar-refractivity contribution in [2.75, 3.05) is 0 Å². The molecule has 34 atom stereocenters. The minimum Gasteiger partial charge on any atom is -0.347 e. The molecule has 14 heteroatoms. The quantitative estimate of drug-likeness (QED) is 0.240. The van der Waals surface area contributed by atoms with Crippen molar-refractivity contribution >= 4 is 0 Å². The SMILES string of the molecule is CCC1O[C@H]2C[C@@H](C)[C@@H]1O[C@H]1OC(CC)[C@@H](O[C@H]3OC(CC)[C@@H](O[C@H]4OC(CC)[C@@H](O[C@H]5OC(CC)[C@@H](O[C@H]6O[C@@H](CC)[C@@H](O[C@H]7OC(CC)[C@@H](O2)[C@H](C)C7C)C(C)C6C)[C@H](C)C5C)[C@H](C)C4C)[C@H](C)C3C)[C@H](C)C1C. The van der Waals surface area contributed by atoms with Gasteiger partial charge in [0.2, 0.25) is 0 Å². The maximum atomic E-state index is 7.18. The molecular weight excluding hydrogens is 969 g/mol. The van der Waals surface area contributed by atoms with Gasteiger partial charge in [-0.3, -0.25) is 0 Å². The summed E-state index contributed by atoms with van der Waals surface area (Å²) in [7, 11) is 0. The normalized spacial score (nSPS) is 54.9. The van der Waals surface area contributed by atoms with Gasteiger partial charge in [0.15, 0.2) is 44.0 Å². The summed E-state index contributed by atoms with van der Waals surface area (Å²) in [6.45, 7) is 44.9. The van der Waals surface area contributed by atoms with Crippen LogP contribution in [0.25, 0.3) is 0 Å². The molecule has 0 N–H and O–H groups in total. The van der Waals surface area contributed by atoms with Crippen LogP contribution in [-0.4, -0.2) is 129 Å². The second-order valence-electron chi connectivity index (χ2n) is 25.9. The maximum Gasteiger partial charge on any atom is 0.161 e. The molecule has 0 spiro atoms. The van der Waals surface area contributed by atoms with Crippen molar-refractivity contribution in [2.24, 2.45) is 76.9 Å². The van der Waals surface area contributed by atoms with E-state index in [0.717, 1.165) is 44.9 Å². The first kappa shape index (κ1) is 61.5. The highest BCUT2D eigenvalue weighted by atomic mass is 16.8. The van der Waals surface area contributed by atoms with Crippen LogP contribution in [0.4, 0.5) is 0 Å². The molecule has 21 rings (SSSR count). The predicted molar refractivity (Wildman–Crippen MR) is 291 cm³/mol. The Morgan fingerprint density at radius 3 is 0.605 bits per heavy atom. The third-order valence-electron chi connectivity index (χ3n) is 21.4. The molecule has 21 saturated heterocycles. The second-order valence-corrected chi connectivity index (χ2v) is 25.9. The van der Waals surface area contributed by atoms with Crippen molar-refractivity contribution in [3.63, 3.8) is 0 Å². The molecule has 0 aromatic rings. The Morgan fingerprint density at radius 1 is 0.211 bits per heavy atom. The lowest BCUT2D eigenvalue weighted by Gasteiger charge is -2.52. The molecule has 13 unspecified atom stereocenters. The van der Waals surface area contributed by atoms with Crippen LogP contribution in [-0.2, 0) is 66.3 Å². The van der Waals surface area contributed by atoms with Gasteiger partial charge in [-0.05, 0) is 86.4 Å². The standard InChI is InChI=1S/C62H110O14/c1-21-42-50-29(8)28-49(63-42)70-51-30(9)36(15)58(64-43(51)22-2)72-53-32(11)38(17)60(66-45(53)24-4)74-55-34(13)40(19)62(68-47(55)26-6)76-56-35(14)41(20)61(69-48(56)27-7)75-54-33(12)39(18)59(67-46(54)25-5)73-52-31(10)37(16)57(71-50)65-44(52)23-3/h29-62H,21-28H2,1-20H3/t29-,30-,31-,32?,33-,34-,35-,36?,37?,38?,39?,40?,41?,42?,43?,44?,45+,46?,47?,48?,49-,50+,51+,52+,53+,54+,55+,56+,57-,58-,59-,60-,61-,62-/m1/s1. The fraction of sp³-hybridized carbons (Fsp3) is 1.00. The van der Waals surface area contributed by atoms with E-state index in [1.165, 1.54) is 0 Å². The van der Waals surface area contributed by atoms with E-state index < -0.39 is 37.7 Å². The minimum atomic E-state index is -0.414. The fourth-order valence-electron chi connectivity index (χ4n) is 14.6. The van der Waals surface area contributed by atoms with E-state index in [-0.39, 0.29) is 169 Å². The largest absolute Gasteiger partial charge is 0.347 e. The van der Waals surface area contributed by atoms with Crippen molar-refractivity contribution < 1.29 is 66.3 Å². The van der Waals surface area contributed by atoms with Crippen molar-refractivity contribution in [1.29, 1.82) is 0 Å². The molecule has 0 aromatic carbocycles. The lowest BCUT2D eigenvalue weighted by Crippen LogP contribution is -2.60. The molecule has 0 aliphatic carbocycles. The van der Waals surface area contributed by atoms with Crippen LogP contribution in [0.5, 0.6) is 0 Å². The zero-order valence-electron chi connectivity index (χ0n) is 51.0. The van der Waals surface area contributed by atoms with Gasteiger partial charge in [-0.25, -0.2) is 0 Å². The van der Waals surface area contributed by atoms with Crippen molar-refractivity contribution in [1.82, 2.24) is 0 Å². The van der Waals surface area contributed by atoms with Crippen molar-refractivity contribution in [3.05, 3.63) is 0 Å². The Labute approximate surface area is 461 Å². The van der Waals surface area contributed by atoms with Gasteiger partial charge in [0.05, 0.1) is 85.5 Å². The molecule has 21 fully saturated rings. The predicted octanol–water partition coefficient (Wildman–Crippen LogP) is 12.3. The molecule has 21 aliphatic rings. The van der Waals surface area contributed by atoms with Crippen LogP contribution < -0.4 is 0 Å². The summed E-state index contributed by atoms with van der Waals surface area (Å²) in [5, 5.41) is 0. The summed E-state index contributed by atoms with van der Waals surface area (Å²) >= 11 is 0. The first-order valence-electron chi connectivity index (χ1n) is 31.4. The zero-order valence-corrected chi connectivity index (χ0v) is 51.0. The Morgan fingerprint density at radius 2 is 0.395 bits per heavy atom. The average Bonchev–Trinajstić information content (AvgIpc) is 3.42. The highest BCUT2D eigenvalue weighted by molar-refractivity contribution is 4.97. The molecule has 21 aliphatic heterocycles. The number of hydrogen-bond donors (Lipinski definition) is 0. The van der Waals surface area contributed by atoms with Gasteiger partial charge in [-0.15, -0.1) is 0 Å². The third-order valence-corrected chi connectivity index (χ3v) is 21.4. The smallest absolute Gasteiger partial charge is 0.161 e. The lowest BCUT2D eigenvalue weighted by molar-refractivity contribution is -0.368. The first-order chi connectivity index (χ1) is 36.2. The topological polar surface area (TPSA) is 129 Å². The first-order valence-corrected chi connectivity index (χ1v) is 31.4. The monoisotopic (exact) mass is 1080 g/mol. The van der Waals surface area contributed by atoms with Gasteiger partial charge in [-0.2, -0.15) is 0 Å². The highest BCUT2D eigenvalue weighted by Crippen LogP contribution is 2.47. The van der Waals surface area contributed by atoms with Crippen LogP contribution in [0.2, 0.25) is 0 Å². The highest BCUT2D eigenvalue weighted by Gasteiger charge is 2.55. The molecule has 0 amide bonds. The summed E-state index contributed by atoms with van der Waals surface area (Å²) in [6, 6.07) is 0. The lowest BCUT2D eigenvalue weighted by atomic mass is 9.80. The molecule has 0 saturated carbocycles. The third kappa shape index (κ3) is 12.2. The number of hydrogen-bond acceptors (Lipinski definition) is 14. The summed E-state index contributed by atoms with van der Waals surface area (Å²) in [5.74, 6) is 1.42. The molecule has 21 heterocycles. The molecule has 14 bridgehead atoms. The van der Waals surface area contributed by atoms with E-state index in [4.69, 9.17) is 66.3 Å². The molecule has 0 radical (unpaired) electrons. The Balaban J connectivity index is 1.07. The van der Waals surface area contributed by atoms with E-state index in [2.05, 4.69) is 138 Å². The van der Waals surface area contributed by atoms with Gasteiger partial charge >= 0.3 is 0 Å². The van der Waals surface area contributed by atoms with Crippen LogP contribution in [0.3, 0.4) is 0 Å². The fourth-order valence-corrected chi connectivity index (χ4v) is 14.6. The Hall–Kier alpha value is -0.560. The summed E-state index contributed by atoms with van der Waals surface area (Å²) in [5.41, 5.74) is 0. The van der Waals surface area contributed by atoms with Crippen LogP contribution in [0.15, 0.2) is 0 Å². The van der Waals surface area contributed by atoms with E-state index in [1.807, 2.05) is 0 Å². The van der Waals surface area contributed by atoms with Gasteiger partial charge in [0, 0.05) is 41.9 Å².